The van der Waals surface area contributed by atoms with Crippen LogP contribution in [0.3, 0.4) is 0 Å². The van der Waals surface area contributed by atoms with Gasteiger partial charge in [-0.25, -0.2) is 8.42 Å². The number of carbonyl (C=O) groups is 1. The Morgan fingerprint density at radius 1 is 1.07 bits per heavy atom. The van der Waals surface area contributed by atoms with Gasteiger partial charge in [0.05, 0.1) is 24.1 Å². The van der Waals surface area contributed by atoms with Gasteiger partial charge in [-0.05, 0) is 52.0 Å². The van der Waals surface area contributed by atoms with Gasteiger partial charge in [0.15, 0.2) is 0 Å². The van der Waals surface area contributed by atoms with E-state index in [1.807, 2.05) is 45.0 Å². The van der Waals surface area contributed by atoms with Crippen LogP contribution in [-0.2, 0) is 14.8 Å². The van der Waals surface area contributed by atoms with Gasteiger partial charge < -0.3 is 14.8 Å². The van der Waals surface area contributed by atoms with Crippen LogP contribution in [-0.4, -0.2) is 45.9 Å². The summed E-state index contributed by atoms with van der Waals surface area (Å²) in [6, 6.07) is 14.0. The van der Waals surface area contributed by atoms with E-state index in [4.69, 9.17) is 9.47 Å². The van der Waals surface area contributed by atoms with E-state index in [1.54, 1.807) is 31.2 Å². The van der Waals surface area contributed by atoms with Gasteiger partial charge in [-0.15, -0.1) is 0 Å². The third-order valence-electron chi connectivity index (χ3n) is 4.09. The number of amides is 1. The summed E-state index contributed by atoms with van der Waals surface area (Å²) in [6.45, 7) is 7.49. The molecule has 1 amide bonds. The highest BCUT2D eigenvalue weighted by Gasteiger charge is 2.22. The molecule has 0 saturated heterocycles. The molecule has 0 aliphatic rings. The summed E-state index contributed by atoms with van der Waals surface area (Å²) in [5.41, 5.74) is 1.50. The molecule has 30 heavy (non-hydrogen) atoms. The zero-order chi connectivity index (χ0) is 22.3. The molecule has 0 heterocycles. The van der Waals surface area contributed by atoms with E-state index in [1.165, 1.54) is 0 Å². The SMILES string of the molecule is Cc1ccc(OC[C@@H](C)NC(=O)CN(c2cccc(OC(C)C)c2)S(C)(=O)=O)cc1. The van der Waals surface area contributed by atoms with Gasteiger partial charge in [0.25, 0.3) is 0 Å². The largest absolute Gasteiger partial charge is 0.491 e. The molecule has 0 saturated carbocycles. The minimum absolute atomic E-state index is 0.0513. The average molecular weight is 435 g/mol. The Balaban J connectivity index is 2.00. The summed E-state index contributed by atoms with van der Waals surface area (Å²) in [7, 11) is -3.67. The highest BCUT2D eigenvalue weighted by Crippen LogP contribution is 2.24. The van der Waals surface area contributed by atoms with Crippen LogP contribution in [0.5, 0.6) is 11.5 Å². The lowest BCUT2D eigenvalue weighted by Gasteiger charge is -2.24. The Hall–Kier alpha value is -2.74. The molecular weight excluding hydrogens is 404 g/mol. The topological polar surface area (TPSA) is 84.9 Å². The Morgan fingerprint density at radius 2 is 1.73 bits per heavy atom. The van der Waals surface area contributed by atoms with Crippen LogP contribution < -0.4 is 19.1 Å². The van der Waals surface area contributed by atoms with Crippen molar-refractivity contribution in [1.82, 2.24) is 5.32 Å². The van der Waals surface area contributed by atoms with Crippen molar-refractivity contribution in [1.29, 1.82) is 0 Å². The molecule has 1 atom stereocenters. The van der Waals surface area contributed by atoms with Crippen molar-refractivity contribution in [3.05, 3.63) is 54.1 Å². The van der Waals surface area contributed by atoms with Gasteiger partial charge in [0.2, 0.25) is 15.9 Å². The maximum absolute atomic E-state index is 12.5. The zero-order valence-electron chi connectivity index (χ0n) is 18.1. The van der Waals surface area contributed by atoms with Crippen molar-refractivity contribution >= 4 is 21.6 Å². The molecule has 8 heteroatoms. The summed E-state index contributed by atoms with van der Waals surface area (Å²) in [4.78, 5) is 12.5. The lowest BCUT2D eigenvalue weighted by Crippen LogP contribution is -2.44. The molecule has 164 valence electrons. The van der Waals surface area contributed by atoms with Crippen molar-refractivity contribution in [3.8, 4) is 11.5 Å². The van der Waals surface area contributed by atoms with Gasteiger partial charge >= 0.3 is 0 Å². The summed E-state index contributed by atoms with van der Waals surface area (Å²) in [5.74, 6) is 0.827. The first kappa shape index (κ1) is 23.5. The fourth-order valence-electron chi connectivity index (χ4n) is 2.73. The number of nitrogens with one attached hydrogen (secondary N) is 1. The van der Waals surface area contributed by atoms with Crippen molar-refractivity contribution in [2.45, 2.75) is 39.8 Å². The van der Waals surface area contributed by atoms with Crippen LogP contribution in [0.15, 0.2) is 48.5 Å². The quantitative estimate of drug-likeness (QED) is 0.621. The molecule has 2 aromatic rings. The minimum Gasteiger partial charge on any atom is -0.491 e. The van der Waals surface area contributed by atoms with E-state index < -0.39 is 15.9 Å². The number of hydrogen-bond acceptors (Lipinski definition) is 5. The molecular formula is C22H30N2O5S. The Morgan fingerprint density at radius 3 is 2.33 bits per heavy atom. The summed E-state index contributed by atoms with van der Waals surface area (Å²) in [6.07, 6.45) is 1.02. The minimum atomic E-state index is -3.67. The number of benzene rings is 2. The van der Waals surface area contributed by atoms with Crippen LogP contribution >= 0.6 is 0 Å². The van der Waals surface area contributed by atoms with Crippen LogP contribution in [0.2, 0.25) is 0 Å². The molecule has 2 rings (SSSR count). The Labute approximate surface area is 179 Å². The molecule has 0 spiro atoms. The first-order valence-electron chi connectivity index (χ1n) is 9.78. The van der Waals surface area contributed by atoms with E-state index >= 15 is 0 Å². The monoisotopic (exact) mass is 434 g/mol. The molecule has 0 fully saturated rings. The summed E-state index contributed by atoms with van der Waals surface area (Å²) in [5, 5.41) is 2.78. The summed E-state index contributed by atoms with van der Waals surface area (Å²) < 4.78 is 37.0. The molecule has 7 nitrogen and oxygen atoms in total. The van der Waals surface area contributed by atoms with Crippen molar-refractivity contribution in [3.63, 3.8) is 0 Å². The average Bonchev–Trinajstić information content (AvgIpc) is 2.64. The maximum Gasteiger partial charge on any atom is 0.241 e. The molecule has 0 bridgehead atoms. The van der Waals surface area contributed by atoms with E-state index in [2.05, 4.69) is 5.32 Å². The second kappa shape index (κ2) is 10.3. The highest BCUT2D eigenvalue weighted by molar-refractivity contribution is 7.92. The lowest BCUT2D eigenvalue weighted by atomic mass is 10.2. The van der Waals surface area contributed by atoms with Crippen LogP contribution in [0.1, 0.15) is 26.3 Å². The first-order chi connectivity index (χ1) is 14.0. The van der Waals surface area contributed by atoms with Gasteiger partial charge in [-0.2, -0.15) is 0 Å². The highest BCUT2D eigenvalue weighted by atomic mass is 32.2. The number of aryl methyl sites for hydroxylation is 1. The van der Waals surface area contributed by atoms with Gasteiger partial charge in [0.1, 0.15) is 24.7 Å². The van der Waals surface area contributed by atoms with Crippen LogP contribution in [0.4, 0.5) is 5.69 Å². The fraction of sp³-hybridized carbons (Fsp3) is 0.409. The Kier molecular flexibility index (Phi) is 8.11. The lowest BCUT2D eigenvalue weighted by molar-refractivity contribution is -0.120. The normalized spacial score (nSPS) is 12.3. The van der Waals surface area contributed by atoms with Gasteiger partial charge in [-0.3, -0.25) is 9.10 Å². The number of ether oxygens (including phenoxy) is 2. The Bertz CT molecular complexity index is 942. The molecule has 0 aliphatic heterocycles. The smallest absolute Gasteiger partial charge is 0.241 e. The van der Waals surface area contributed by atoms with Crippen LogP contribution in [0.25, 0.3) is 0 Å². The van der Waals surface area contributed by atoms with Crippen molar-refractivity contribution in [2.24, 2.45) is 0 Å². The number of carbonyl (C=O) groups excluding carboxylic acids is 1. The number of sulfonamides is 1. The molecule has 0 aliphatic carbocycles. The molecule has 1 N–H and O–H groups in total. The number of rotatable bonds is 10. The zero-order valence-corrected chi connectivity index (χ0v) is 18.9. The van der Waals surface area contributed by atoms with Crippen molar-refractivity contribution in [2.75, 3.05) is 23.7 Å². The van der Waals surface area contributed by atoms with E-state index in [-0.39, 0.29) is 25.3 Å². The second-order valence-corrected chi connectivity index (χ2v) is 9.43. The number of anilines is 1. The van der Waals surface area contributed by atoms with E-state index in [0.717, 1.165) is 16.1 Å². The standard InChI is InChI=1S/C22H30N2O5S/c1-16(2)29-21-8-6-7-19(13-21)24(30(5,26)27)14-22(25)23-18(4)15-28-20-11-9-17(3)10-12-20/h6-13,16,18H,14-15H2,1-5H3,(H,23,25)/t18-/m1/s1. The molecule has 0 unspecified atom stereocenters. The van der Waals surface area contributed by atoms with Gasteiger partial charge in [0, 0.05) is 6.07 Å². The number of nitrogens with zero attached hydrogens (tertiary/aromatic N) is 1. The maximum atomic E-state index is 12.5. The summed E-state index contributed by atoms with van der Waals surface area (Å²) >= 11 is 0. The molecule has 0 radical (unpaired) electrons. The fourth-order valence-corrected chi connectivity index (χ4v) is 3.58. The second-order valence-electron chi connectivity index (χ2n) is 7.53. The number of hydrogen-bond donors (Lipinski definition) is 1. The third-order valence-corrected chi connectivity index (χ3v) is 5.23. The van der Waals surface area contributed by atoms with E-state index in [0.29, 0.717) is 17.2 Å². The van der Waals surface area contributed by atoms with Gasteiger partial charge in [-0.1, -0.05) is 23.8 Å². The predicted molar refractivity (Wildman–Crippen MR) is 119 cm³/mol. The van der Waals surface area contributed by atoms with E-state index in [9.17, 15) is 13.2 Å². The third kappa shape index (κ3) is 7.59. The molecule has 2 aromatic carbocycles. The predicted octanol–water partition coefficient (Wildman–Crippen LogP) is 3.13. The van der Waals surface area contributed by atoms with Crippen LogP contribution in [0, 0.1) is 6.92 Å². The van der Waals surface area contributed by atoms with Crippen molar-refractivity contribution < 1.29 is 22.7 Å². The first-order valence-corrected chi connectivity index (χ1v) is 11.6. The molecule has 0 aromatic heterocycles.